The van der Waals surface area contributed by atoms with Crippen LogP contribution in [0.2, 0.25) is 0 Å². The van der Waals surface area contributed by atoms with Crippen molar-refractivity contribution in [2.75, 3.05) is 0 Å². The van der Waals surface area contributed by atoms with E-state index in [2.05, 4.69) is 29.7 Å². The number of primary amides is 1. The zero-order chi connectivity index (χ0) is 18.1. The summed E-state index contributed by atoms with van der Waals surface area (Å²) < 4.78 is 5.88. The summed E-state index contributed by atoms with van der Waals surface area (Å²) >= 11 is 0. The maximum Gasteiger partial charge on any atom is 0.332 e. The monoisotopic (exact) mass is 334 g/mol. The molecule has 24 heavy (non-hydrogen) atoms. The van der Waals surface area contributed by atoms with Crippen molar-refractivity contribution in [1.82, 2.24) is 10.7 Å². The van der Waals surface area contributed by atoms with Crippen molar-refractivity contribution < 1.29 is 14.0 Å². The number of hydrazone groups is 1. The maximum absolute atomic E-state index is 12.5. The molecule has 7 heteroatoms. The van der Waals surface area contributed by atoms with Gasteiger partial charge >= 0.3 is 6.03 Å². The second kappa shape index (κ2) is 6.67. The van der Waals surface area contributed by atoms with Gasteiger partial charge in [0.25, 0.3) is 5.91 Å². The number of nitrogens with zero attached hydrogens (tertiary/aromatic N) is 1. The summed E-state index contributed by atoms with van der Waals surface area (Å²) in [6.45, 7) is 9.97. The van der Waals surface area contributed by atoms with Crippen LogP contribution in [0.3, 0.4) is 0 Å². The topological polar surface area (TPSA) is 110 Å². The fraction of sp³-hybridized carbons (Fsp3) is 0.588. The number of hydrogen-bond acceptors (Lipinski definition) is 4. The number of carbonyl (C=O) groups is 2. The molecule has 0 spiro atoms. The predicted octanol–water partition coefficient (Wildman–Crippen LogP) is 2.46. The molecule has 132 valence electrons. The third-order valence-corrected chi connectivity index (χ3v) is 4.29. The van der Waals surface area contributed by atoms with Crippen LogP contribution >= 0.6 is 0 Å². The molecule has 2 rings (SSSR count). The summed E-state index contributed by atoms with van der Waals surface area (Å²) in [7, 11) is 0. The van der Waals surface area contributed by atoms with Gasteiger partial charge in [-0.1, -0.05) is 20.8 Å². The average molecular weight is 334 g/mol. The van der Waals surface area contributed by atoms with Crippen LogP contribution in [0.4, 0.5) is 4.79 Å². The molecule has 1 aliphatic rings. The normalized spacial score (nSPS) is 18.8. The minimum absolute atomic E-state index is 0.0696. The number of furan rings is 1. The number of nitrogens with one attached hydrogen (secondary N) is 2. The molecule has 1 aromatic rings. The Morgan fingerprint density at radius 2 is 2.04 bits per heavy atom. The molecule has 1 aromatic heterocycles. The molecule has 0 saturated carbocycles. The van der Waals surface area contributed by atoms with Crippen molar-refractivity contribution in [2.24, 2.45) is 16.3 Å². The summed E-state index contributed by atoms with van der Waals surface area (Å²) in [5.41, 5.74) is 9.55. The largest absolute Gasteiger partial charge is 0.455 e. The van der Waals surface area contributed by atoms with E-state index < -0.39 is 6.03 Å². The quantitative estimate of drug-likeness (QED) is 0.736. The van der Waals surface area contributed by atoms with Gasteiger partial charge in [0.05, 0.1) is 5.71 Å². The van der Waals surface area contributed by atoms with E-state index in [4.69, 9.17) is 10.2 Å². The Morgan fingerprint density at radius 3 is 2.62 bits per heavy atom. The van der Waals surface area contributed by atoms with Crippen LogP contribution in [-0.2, 0) is 6.42 Å². The molecule has 7 nitrogen and oxygen atoms in total. The Balaban J connectivity index is 2.43. The first-order valence-corrected chi connectivity index (χ1v) is 8.20. The Kier molecular flexibility index (Phi) is 5.01. The first kappa shape index (κ1) is 18.0. The molecule has 1 heterocycles. The molecule has 0 radical (unpaired) electrons. The van der Waals surface area contributed by atoms with E-state index in [1.807, 2.05) is 20.8 Å². The summed E-state index contributed by atoms with van der Waals surface area (Å²) in [5.74, 6) is 0.809. The van der Waals surface area contributed by atoms with E-state index in [9.17, 15) is 9.59 Å². The summed E-state index contributed by atoms with van der Waals surface area (Å²) in [4.78, 5) is 23.4. The van der Waals surface area contributed by atoms with Crippen molar-refractivity contribution in [2.45, 2.75) is 59.9 Å². The molecule has 0 aliphatic heterocycles. The molecule has 0 aromatic carbocycles. The van der Waals surface area contributed by atoms with E-state index in [-0.39, 0.29) is 17.4 Å². The van der Waals surface area contributed by atoms with Crippen LogP contribution in [0.15, 0.2) is 9.52 Å². The first-order chi connectivity index (χ1) is 11.1. The molecule has 1 atom stereocenters. The van der Waals surface area contributed by atoms with Crippen molar-refractivity contribution in [1.29, 1.82) is 0 Å². The Morgan fingerprint density at radius 1 is 1.38 bits per heavy atom. The lowest BCUT2D eigenvalue weighted by atomic mass is 9.75. The summed E-state index contributed by atoms with van der Waals surface area (Å²) in [6.07, 6.45) is 2.20. The summed E-state index contributed by atoms with van der Waals surface area (Å²) in [6, 6.07) is -0.650. The average Bonchev–Trinajstić information content (AvgIpc) is 2.80. The molecule has 3 amide bonds. The second-order valence-electron chi connectivity index (χ2n) is 7.19. The Labute approximate surface area is 142 Å². The van der Waals surface area contributed by atoms with Gasteiger partial charge in [0.1, 0.15) is 5.76 Å². The third kappa shape index (κ3) is 3.77. The number of amides is 3. The Bertz CT molecular complexity index is 688. The standard InChI is InChI=1S/C17H26N4O3/c1-6-9(2)19-15(22)14-10(3)13-11(20-21-16(18)23)7-17(4,5)8-12(13)24-14/h9H,6-8H2,1-5H3,(H,19,22)(H3,18,21,23)/b20-11-. The number of hydrogen-bond donors (Lipinski definition) is 3. The highest BCUT2D eigenvalue weighted by Crippen LogP contribution is 2.38. The highest BCUT2D eigenvalue weighted by atomic mass is 16.4. The minimum Gasteiger partial charge on any atom is -0.455 e. The number of rotatable bonds is 4. The SMILES string of the molecule is CCC(C)NC(=O)c1oc2c(c1C)/C(=N\NC(N)=O)CC(C)(C)C2. The predicted molar refractivity (Wildman–Crippen MR) is 92.0 cm³/mol. The van der Waals surface area contributed by atoms with Crippen LogP contribution in [-0.4, -0.2) is 23.7 Å². The number of carbonyl (C=O) groups excluding carboxylic acids is 2. The van der Waals surface area contributed by atoms with E-state index >= 15 is 0 Å². The molecule has 1 aliphatic carbocycles. The second-order valence-corrected chi connectivity index (χ2v) is 7.19. The minimum atomic E-state index is -0.719. The van der Waals surface area contributed by atoms with Gasteiger partial charge in [-0.25, -0.2) is 10.2 Å². The molecule has 1 unspecified atom stereocenters. The molecule has 0 fully saturated rings. The van der Waals surface area contributed by atoms with Gasteiger partial charge < -0.3 is 15.5 Å². The molecular formula is C17H26N4O3. The van der Waals surface area contributed by atoms with Crippen LogP contribution in [0.5, 0.6) is 0 Å². The lowest BCUT2D eigenvalue weighted by molar-refractivity contribution is 0.0907. The summed E-state index contributed by atoms with van der Waals surface area (Å²) in [5, 5.41) is 7.05. The third-order valence-electron chi connectivity index (χ3n) is 4.29. The fourth-order valence-corrected chi connectivity index (χ4v) is 2.94. The smallest absolute Gasteiger partial charge is 0.332 e. The van der Waals surface area contributed by atoms with Gasteiger partial charge in [-0.2, -0.15) is 5.10 Å². The van der Waals surface area contributed by atoms with Gasteiger partial charge in [0.2, 0.25) is 0 Å². The van der Waals surface area contributed by atoms with Gasteiger partial charge in [-0.05, 0) is 32.1 Å². The van der Waals surface area contributed by atoms with Gasteiger partial charge in [0.15, 0.2) is 5.76 Å². The zero-order valence-electron chi connectivity index (χ0n) is 14.9. The van der Waals surface area contributed by atoms with E-state index in [0.29, 0.717) is 24.3 Å². The van der Waals surface area contributed by atoms with Crippen LogP contribution in [0.25, 0.3) is 0 Å². The molecule has 0 bridgehead atoms. The van der Waals surface area contributed by atoms with E-state index in [1.54, 1.807) is 0 Å². The van der Waals surface area contributed by atoms with Crippen molar-refractivity contribution >= 4 is 17.6 Å². The van der Waals surface area contributed by atoms with Crippen LogP contribution < -0.4 is 16.5 Å². The molecular weight excluding hydrogens is 308 g/mol. The first-order valence-electron chi connectivity index (χ1n) is 8.20. The highest BCUT2D eigenvalue weighted by Gasteiger charge is 2.36. The lowest BCUT2D eigenvalue weighted by Gasteiger charge is -2.29. The lowest BCUT2D eigenvalue weighted by Crippen LogP contribution is -2.32. The number of urea groups is 1. The van der Waals surface area contributed by atoms with Crippen molar-refractivity contribution in [3.63, 3.8) is 0 Å². The van der Waals surface area contributed by atoms with Gasteiger partial charge in [-0.15, -0.1) is 0 Å². The fourth-order valence-electron chi connectivity index (χ4n) is 2.94. The zero-order valence-corrected chi connectivity index (χ0v) is 14.9. The van der Waals surface area contributed by atoms with Crippen LogP contribution in [0, 0.1) is 12.3 Å². The van der Waals surface area contributed by atoms with Gasteiger partial charge in [0, 0.05) is 23.6 Å². The highest BCUT2D eigenvalue weighted by molar-refractivity contribution is 6.07. The van der Waals surface area contributed by atoms with Crippen molar-refractivity contribution in [3.05, 3.63) is 22.6 Å². The number of fused-ring (bicyclic) bond motifs is 1. The van der Waals surface area contributed by atoms with Gasteiger partial charge in [-0.3, -0.25) is 4.79 Å². The number of nitrogens with two attached hydrogens (primary N) is 1. The van der Waals surface area contributed by atoms with Crippen LogP contribution in [0.1, 0.15) is 68.0 Å². The molecule has 0 saturated heterocycles. The van der Waals surface area contributed by atoms with E-state index in [1.165, 1.54) is 0 Å². The van der Waals surface area contributed by atoms with Crippen molar-refractivity contribution in [3.8, 4) is 0 Å². The van der Waals surface area contributed by atoms with E-state index in [0.717, 1.165) is 23.3 Å². The Hall–Kier alpha value is -2.31. The maximum atomic E-state index is 12.5. The molecule has 4 N–H and O–H groups in total.